The van der Waals surface area contributed by atoms with Crippen LogP contribution in [0.1, 0.15) is 24.1 Å². The molecule has 1 fully saturated rings. The molecule has 13 heavy (non-hydrogen) atoms. The quantitative estimate of drug-likeness (QED) is 0.748. The summed E-state index contributed by atoms with van der Waals surface area (Å²) in [7, 11) is -0.619. The molecule has 4 heteroatoms. The minimum absolute atomic E-state index is 0.0214. The number of hydrogen-bond donors (Lipinski definition) is 1. The third-order valence-electron chi connectivity index (χ3n) is 2.65. The molecule has 0 amide bonds. The van der Waals surface area contributed by atoms with Crippen molar-refractivity contribution in [3.63, 3.8) is 0 Å². The Morgan fingerprint density at radius 2 is 2.46 bits per heavy atom. The van der Waals surface area contributed by atoms with Crippen molar-refractivity contribution in [2.45, 2.75) is 24.5 Å². The molecule has 2 heterocycles. The van der Waals surface area contributed by atoms with Crippen LogP contribution in [0, 0.1) is 0 Å². The first kappa shape index (κ1) is 9.39. The van der Waals surface area contributed by atoms with Gasteiger partial charge in [-0.2, -0.15) is 0 Å². The minimum atomic E-state index is -0.619. The Labute approximate surface area is 85.0 Å². The Morgan fingerprint density at radius 3 is 3.00 bits per heavy atom. The Balaban J connectivity index is 2.23. The van der Waals surface area contributed by atoms with Crippen LogP contribution in [0.2, 0.25) is 0 Å². The predicted molar refractivity (Wildman–Crippen MR) is 58.5 cm³/mol. The molecule has 1 aliphatic heterocycles. The highest BCUT2D eigenvalue weighted by atomic mass is 32.1. The van der Waals surface area contributed by atoms with E-state index in [-0.39, 0.29) is 5.22 Å². The summed E-state index contributed by atoms with van der Waals surface area (Å²) < 4.78 is 5.91. The molecule has 0 aromatic carbocycles. The number of ether oxygens (including phenoxy) is 1. The van der Waals surface area contributed by atoms with E-state index in [4.69, 9.17) is 10.1 Å². The van der Waals surface area contributed by atoms with Crippen molar-refractivity contribution < 1.29 is 4.74 Å². The van der Waals surface area contributed by atoms with E-state index in [1.54, 1.807) is 11.3 Å². The van der Waals surface area contributed by atoms with Crippen molar-refractivity contribution in [2.75, 3.05) is 6.61 Å². The fraction of sp³-hybridized carbons (Fsp3) is 0.556. The lowest BCUT2D eigenvalue weighted by Crippen LogP contribution is -2.43. The third kappa shape index (κ3) is 1.72. The van der Waals surface area contributed by atoms with Crippen LogP contribution in [0.5, 0.6) is 0 Å². The van der Waals surface area contributed by atoms with Crippen molar-refractivity contribution in [3.05, 3.63) is 22.4 Å². The molecule has 0 radical (unpaired) electrons. The summed E-state index contributed by atoms with van der Waals surface area (Å²) in [6.07, 6.45) is 3.60. The van der Waals surface area contributed by atoms with Gasteiger partial charge in [-0.3, -0.25) is 0 Å². The van der Waals surface area contributed by atoms with Gasteiger partial charge in [0.1, 0.15) is 14.9 Å². The Kier molecular flexibility index (Phi) is 2.83. The van der Waals surface area contributed by atoms with Gasteiger partial charge in [-0.05, 0) is 30.7 Å². The predicted octanol–water partition coefficient (Wildman–Crippen LogP) is 1.14. The molecule has 2 rings (SSSR count). The summed E-state index contributed by atoms with van der Waals surface area (Å²) in [5, 5.41) is 8.04. The minimum Gasteiger partial charge on any atom is -0.372 e. The maximum atomic E-state index is 5.95. The number of nitrogens with two attached hydrogens (primary N) is 1. The first-order chi connectivity index (χ1) is 6.37. The van der Waals surface area contributed by atoms with Crippen LogP contribution in [-0.2, 0) is 9.96 Å². The van der Waals surface area contributed by atoms with Gasteiger partial charge < -0.3 is 10.1 Å². The second-order valence-corrected chi connectivity index (χ2v) is 5.98. The first-order valence-electron chi connectivity index (χ1n) is 4.75. The van der Waals surface area contributed by atoms with Crippen LogP contribution in [0.25, 0.3) is 0 Å². The monoisotopic (exact) mass is 213 g/mol. The Hall–Kier alpha value is -0.163. The van der Waals surface area contributed by atoms with Gasteiger partial charge in [-0.1, -0.05) is 6.07 Å². The zero-order chi connectivity index (χ0) is 9.15. The molecule has 1 unspecified atom stereocenters. The summed E-state index contributed by atoms with van der Waals surface area (Å²) in [4.78, 5) is 1.35. The molecule has 0 bridgehead atoms. The van der Waals surface area contributed by atoms with E-state index < -0.39 is 9.68 Å². The van der Waals surface area contributed by atoms with Crippen molar-refractivity contribution >= 4 is 21.0 Å². The van der Waals surface area contributed by atoms with Crippen molar-refractivity contribution in [2.24, 2.45) is 5.40 Å². The average Bonchev–Trinajstić information content (AvgIpc) is 2.72. The smallest absolute Gasteiger partial charge is 0.132 e. The van der Waals surface area contributed by atoms with E-state index >= 15 is 0 Å². The largest absolute Gasteiger partial charge is 0.372 e. The van der Waals surface area contributed by atoms with Crippen LogP contribution < -0.4 is 5.40 Å². The molecule has 1 aromatic rings. The molecule has 0 aliphatic carbocycles. The summed E-state index contributed by atoms with van der Waals surface area (Å²) in [5.41, 5.74) is 0. The molecule has 1 atom stereocenters. The van der Waals surface area contributed by atoms with Crippen LogP contribution >= 0.6 is 11.3 Å². The highest BCUT2D eigenvalue weighted by Gasteiger charge is 2.34. The standard InChI is InChI=1S/C9H15NOSSi/c10-13-9(5-1-2-6-11-9)8-4-3-7-12-8/h3-4,7H,1-2,5-6,10,13H2. The molecule has 0 spiro atoms. The molecule has 1 saturated heterocycles. The highest BCUT2D eigenvalue weighted by Crippen LogP contribution is 2.35. The fourth-order valence-corrected chi connectivity index (χ4v) is 4.22. The molecule has 0 saturated carbocycles. The summed E-state index contributed by atoms with van der Waals surface area (Å²) in [6.45, 7) is 0.891. The topological polar surface area (TPSA) is 35.2 Å². The van der Waals surface area contributed by atoms with Crippen LogP contribution in [0.3, 0.4) is 0 Å². The molecular weight excluding hydrogens is 198 g/mol. The lowest BCUT2D eigenvalue weighted by Gasteiger charge is -2.35. The van der Waals surface area contributed by atoms with Crippen LogP contribution in [-0.4, -0.2) is 16.3 Å². The second-order valence-electron chi connectivity index (χ2n) is 3.48. The van der Waals surface area contributed by atoms with E-state index in [0.717, 1.165) is 13.0 Å². The van der Waals surface area contributed by atoms with Crippen LogP contribution in [0.15, 0.2) is 17.5 Å². The lowest BCUT2D eigenvalue weighted by atomic mass is 10.1. The average molecular weight is 213 g/mol. The van der Waals surface area contributed by atoms with E-state index in [9.17, 15) is 0 Å². The van der Waals surface area contributed by atoms with Crippen molar-refractivity contribution in [1.82, 2.24) is 0 Å². The highest BCUT2D eigenvalue weighted by molar-refractivity contribution is 7.10. The summed E-state index contributed by atoms with van der Waals surface area (Å²) >= 11 is 1.78. The molecular formula is C9H15NOSSi. The van der Waals surface area contributed by atoms with E-state index in [1.165, 1.54) is 17.7 Å². The fourth-order valence-electron chi connectivity index (χ4n) is 1.85. The van der Waals surface area contributed by atoms with Gasteiger partial charge in [-0.15, -0.1) is 11.3 Å². The Bertz CT molecular complexity index is 257. The van der Waals surface area contributed by atoms with Crippen molar-refractivity contribution in [3.8, 4) is 0 Å². The van der Waals surface area contributed by atoms with Gasteiger partial charge in [0.05, 0.1) is 0 Å². The summed E-state index contributed by atoms with van der Waals surface area (Å²) in [6, 6.07) is 4.25. The van der Waals surface area contributed by atoms with Gasteiger partial charge >= 0.3 is 0 Å². The summed E-state index contributed by atoms with van der Waals surface area (Å²) in [5.74, 6) is 0. The van der Waals surface area contributed by atoms with Gasteiger partial charge in [0, 0.05) is 11.5 Å². The van der Waals surface area contributed by atoms with E-state index in [1.807, 2.05) is 0 Å². The maximum Gasteiger partial charge on any atom is 0.132 e. The zero-order valence-corrected chi connectivity index (χ0v) is 9.89. The van der Waals surface area contributed by atoms with Gasteiger partial charge in [0.25, 0.3) is 0 Å². The zero-order valence-electron chi connectivity index (χ0n) is 7.66. The number of hydrogen-bond acceptors (Lipinski definition) is 3. The van der Waals surface area contributed by atoms with Crippen LogP contribution in [0.4, 0.5) is 0 Å². The van der Waals surface area contributed by atoms with Gasteiger partial charge in [0.15, 0.2) is 0 Å². The third-order valence-corrected chi connectivity index (χ3v) is 5.56. The first-order valence-corrected chi connectivity index (χ1v) is 7.16. The normalized spacial score (nSPS) is 29.9. The molecule has 1 aromatic heterocycles. The van der Waals surface area contributed by atoms with Gasteiger partial charge in [0.2, 0.25) is 0 Å². The molecule has 1 aliphatic rings. The number of thiophene rings is 1. The Morgan fingerprint density at radius 1 is 1.54 bits per heavy atom. The second kappa shape index (κ2) is 3.92. The van der Waals surface area contributed by atoms with Gasteiger partial charge in [-0.25, -0.2) is 0 Å². The number of rotatable bonds is 2. The molecule has 2 nitrogen and oxygen atoms in total. The molecule has 2 N–H and O–H groups in total. The van der Waals surface area contributed by atoms with E-state index in [0.29, 0.717) is 0 Å². The SMILES string of the molecule is N[SiH2]C1(c2cccs2)CCCCO1. The lowest BCUT2D eigenvalue weighted by molar-refractivity contribution is -0.0216. The molecule has 72 valence electrons. The van der Waals surface area contributed by atoms with E-state index in [2.05, 4.69) is 17.5 Å². The maximum absolute atomic E-state index is 5.95. The van der Waals surface area contributed by atoms with Crippen molar-refractivity contribution in [1.29, 1.82) is 0 Å².